The zero-order chi connectivity index (χ0) is 18.7. The maximum atomic E-state index is 11.5. The summed E-state index contributed by atoms with van der Waals surface area (Å²) in [5, 5.41) is 15.0. The van der Waals surface area contributed by atoms with Crippen molar-refractivity contribution in [1.82, 2.24) is 0 Å². The third-order valence-corrected chi connectivity index (χ3v) is 2.39. The summed E-state index contributed by atoms with van der Waals surface area (Å²) < 4.78 is 3.08. The number of rotatable bonds is 2. The molecule has 0 saturated heterocycles. The zero-order valence-corrected chi connectivity index (χ0v) is 12.5. The second-order valence-corrected chi connectivity index (χ2v) is 4.11. The van der Waals surface area contributed by atoms with Gasteiger partial charge in [0.15, 0.2) is 0 Å². The van der Waals surface area contributed by atoms with Crippen molar-refractivity contribution < 1.29 is 43.9 Å². The van der Waals surface area contributed by atoms with E-state index in [0.717, 1.165) is 0 Å². The number of carboxylic acid groups (broad SMARTS) is 2. The summed E-state index contributed by atoms with van der Waals surface area (Å²) in [5.74, 6) is -1.42. The molecule has 0 atom stereocenters. The lowest BCUT2D eigenvalue weighted by Crippen LogP contribution is -2.11. The molecule has 0 unspecified atom stereocenters. The van der Waals surface area contributed by atoms with Gasteiger partial charge in [-0.25, -0.2) is 29.0 Å². The van der Waals surface area contributed by atoms with Crippen LogP contribution in [0.4, 0.5) is 9.59 Å². The number of hydrogen-bond acceptors (Lipinski definition) is 7. The molecule has 130 valence electrons. The monoisotopic (exact) mass is 348 g/mol. The summed E-state index contributed by atoms with van der Waals surface area (Å²) in [6, 6.07) is 16.6. The number of ether oxygens (including phenoxy) is 1. The van der Waals surface area contributed by atoms with E-state index in [4.69, 9.17) is 10.2 Å². The predicted molar refractivity (Wildman–Crippen MR) is 80.8 cm³/mol. The highest BCUT2D eigenvalue weighted by Crippen LogP contribution is 2.05. The number of carbonyl (C=O) groups is 4. The van der Waals surface area contributed by atoms with E-state index in [1.165, 1.54) is 0 Å². The van der Waals surface area contributed by atoms with Crippen LogP contribution < -0.4 is 0 Å². The predicted octanol–water partition coefficient (Wildman–Crippen LogP) is 2.97. The first-order valence-corrected chi connectivity index (χ1v) is 6.57. The standard InChI is InChI=1S/C14H10O4.C2H2O5/c15-13(11-7-3-1-4-8-11)17-18-14(16)12-9-5-2-6-10-12;3-1(4)7-2(5)6/h1-10H;(H,3,4)(H,5,6). The first-order valence-electron chi connectivity index (χ1n) is 6.57. The van der Waals surface area contributed by atoms with Gasteiger partial charge in [0, 0.05) is 0 Å². The van der Waals surface area contributed by atoms with Gasteiger partial charge in [0.05, 0.1) is 11.1 Å². The van der Waals surface area contributed by atoms with Crippen LogP contribution in [-0.2, 0) is 14.5 Å². The van der Waals surface area contributed by atoms with Gasteiger partial charge in [-0.05, 0) is 24.3 Å². The van der Waals surface area contributed by atoms with E-state index >= 15 is 0 Å². The number of carbonyl (C=O) groups excluding carboxylic acids is 2. The SMILES string of the molecule is O=C(O)OC(=O)O.O=C(OOC(=O)c1ccccc1)c1ccccc1. The highest BCUT2D eigenvalue weighted by Gasteiger charge is 2.13. The average molecular weight is 348 g/mol. The minimum absolute atomic E-state index is 0.318. The Hall–Kier alpha value is -3.88. The van der Waals surface area contributed by atoms with Gasteiger partial charge in [-0.15, -0.1) is 0 Å². The van der Waals surface area contributed by atoms with Gasteiger partial charge < -0.3 is 14.9 Å². The molecule has 0 heterocycles. The lowest BCUT2D eigenvalue weighted by Gasteiger charge is -2.02. The Morgan fingerprint density at radius 2 is 0.920 bits per heavy atom. The van der Waals surface area contributed by atoms with Crippen LogP contribution in [0.2, 0.25) is 0 Å². The molecule has 0 spiro atoms. The summed E-state index contributed by atoms with van der Waals surface area (Å²) in [6.07, 6.45) is -3.62. The smallest absolute Gasteiger partial charge is 0.449 e. The van der Waals surface area contributed by atoms with Crippen molar-refractivity contribution in [2.45, 2.75) is 0 Å². The normalized spacial score (nSPS) is 8.96. The van der Waals surface area contributed by atoms with Gasteiger partial charge in [-0.3, -0.25) is 0 Å². The molecular formula is C16H12O9. The van der Waals surface area contributed by atoms with Crippen molar-refractivity contribution in [3.63, 3.8) is 0 Å². The first-order chi connectivity index (χ1) is 11.9. The van der Waals surface area contributed by atoms with Crippen LogP contribution in [-0.4, -0.2) is 34.5 Å². The van der Waals surface area contributed by atoms with E-state index in [1.54, 1.807) is 60.7 Å². The molecule has 25 heavy (non-hydrogen) atoms. The number of hydrogen-bond donors (Lipinski definition) is 2. The van der Waals surface area contributed by atoms with Gasteiger partial charge >= 0.3 is 24.2 Å². The molecule has 0 saturated carbocycles. The van der Waals surface area contributed by atoms with Crippen molar-refractivity contribution in [2.24, 2.45) is 0 Å². The van der Waals surface area contributed by atoms with E-state index in [2.05, 4.69) is 14.5 Å². The van der Waals surface area contributed by atoms with Crippen molar-refractivity contribution in [3.05, 3.63) is 71.8 Å². The molecule has 2 rings (SSSR count). The van der Waals surface area contributed by atoms with Crippen molar-refractivity contribution in [1.29, 1.82) is 0 Å². The van der Waals surface area contributed by atoms with Crippen LogP contribution in [0.25, 0.3) is 0 Å². The Morgan fingerprint density at radius 1 is 0.600 bits per heavy atom. The highest BCUT2D eigenvalue weighted by molar-refractivity contribution is 5.92. The fraction of sp³-hybridized carbons (Fsp3) is 0. The molecule has 9 heteroatoms. The molecule has 0 fully saturated rings. The fourth-order valence-corrected chi connectivity index (χ4v) is 1.40. The van der Waals surface area contributed by atoms with Crippen molar-refractivity contribution in [3.8, 4) is 0 Å². The molecule has 0 aliphatic carbocycles. The fourth-order valence-electron chi connectivity index (χ4n) is 1.40. The maximum Gasteiger partial charge on any atom is 0.516 e. The molecule has 0 aliphatic rings. The van der Waals surface area contributed by atoms with Gasteiger partial charge in [-0.2, -0.15) is 0 Å². The molecule has 2 aromatic carbocycles. The summed E-state index contributed by atoms with van der Waals surface area (Å²) >= 11 is 0. The van der Waals surface area contributed by atoms with Crippen LogP contribution in [0, 0.1) is 0 Å². The first kappa shape index (κ1) is 19.2. The Labute approximate surface area is 140 Å². The molecule has 2 aromatic rings. The van der Waals surface area contributed by atoms with E-state index in [9.17, 15) is 19.2 Å². The summed E-state index contributed by atoms with van der Waals surface area (Å²) in [7, 11) is 0. The van der Waals surface area contributed by atoms with Crippen LogP contribution in [0.1, 0.15) is 20.7 Å². The molecular weight excluding hydrogens is 336 g/mol. The van der Waals surface area contributed by atoms with Crippen LogP contribution in [0.5, 0.6) is 0 Å². The van der Waals surface area contributed by atoms with Gasteiger partial charge in [-0.1, -0.05) is 36.4 Å². The van der Waals surface area contributed by atoms with Crippen molar-refractivity contribution >= 4 is 24.2 Å². The molecule has 0 aliphatic heterocycles. The Bertz CT molecular complexity index is 662. The van der Waals surface area contributed by atoms with Gasteiger partial charge in [0.2, 0.25) is 0 Å². The maximum absolute atomic E-state index is 11.5. The van der Waals surface area contributed by atoms with Gasteiger partial charge in [0.25, 0.3) is 0 Å². The molecule has 0 bridgehead atoms. The highest BCUT2D eigenvalue weighted by atomic mass is 17.2. The van der Waals surface area contributed by atoms with E-state index in [-0.39, 0.29) is 0 Å². The topological polar surface area (TPSA) is 136 Å². The third kappa shape index (κ3) is 7.79. The molecule has 0 radical (unpaired) electrons. The molecule has 0 amide bonds. The minimum Gasteiger partial charge on any atom is -0.449 e. The molecule has 9 nitrogen and oxygen atoms in total. The minimum atomic E-state index is -1.81. The zero-order valence-electron chi connectivity index (χ0n) is 12.5. The lowest BCUT2D eigenvalue weighted by molar-refractivity contribution is -0.187. The van der Waals surface area contributed by atoms with E-state index in [0.29, 0.717) is 11.1 Å². The third-order valence-electron chi connectivity index (χ3n) is 2.39. The quantitative estimate of drug-likeness (QED) is 0.363. The Morgan fingerprint density at radius 3 is 1.16 bits per heavy atom. The second-order valence-electron chi connectivity index (χ2n) is 4.11. The average Bonchev–Trinajstić information content (AvgIpc) is 2.60. The van der Waals surface area contributed by atoms with E-state index in [1.807, 2.05) is 0 Å². The largest absolute Gasteiger partial charge is 0.516 e. The molecule has 0 aromatic heterocycles. The summed E-state index contributed by atoms with van der Waals surface area (Å²) in [4.78, 5) is 50.3. The van der Waals surface area contributed by atoms with Gasteiger partial charge in [0.1, 0.15) is 0 Å². The summed E-state index contributed by atoms with van der Waals surface area (Å²) in [6.45, 7) is 0. The van der Waals surface area contributed by atoms with Crippen LogP contribution >= 0.6 is 0 Å². The van der Waals surface area contributed by atoms with E-state index < -0.39 is 24.2 Å². The van der Waals surface area contributed by atoms with Crippen LogP contribution in [0.15, 0.2) is 60.7 Å². The molecule has 2 N–H and O–H groups in total. The Balaban J connectivity index is 0.000000381. The Kier molecular flexibility index (Phi) is 7.67. The second kappa shape index (κ2) is 10.0. The number of benzene rings is 2. The lowest BCUT2D eigenvalue weighted by atomic mass is 10.2. The van der Waals surface area contributed by atoms with Crippen LogP contribution in [0.3, 0.4) is 0 Å². The summed E-state index contributed by atoms with van der Waals surface area (Å²) in [5.41, 5.74) is 0.636. The van der Waals surface area contributed by atoms with Crippen molar-refractivity contribution in [2.75, 3.05) is 0 Å².